The van der Waals surface area contributed by atoms with E-state index in [1.54, 1.807) is 7.11 Å². The second kappa shape index (κ2) is 5.59. The van der Waals surface area contributed by atoms with Crippen LogP contribution in [0.1, 0.15) is 23.7 Å². The number of ether oxygens (including phenoxy) is 1. The van der Waals surface area contributed by atoms with Gasteiger partial charge in [-0.15, -0.1) is 23.2 Å². The molecule has 1 unspecified atom stereocenters. The Balaban J connectivity index is 2.73. The number of rotatable bonds is 4. The highest BCUT2D eigenvalue weighted by Crippen LogP contribution is 2.25. The van der Waals surface area contributed by atoms with E-state index < -0.39 is 0 Å². The Morgan fingerprint density at radius 2 is 1.79 bits per heavy atom. The minimum absolute atomic E-state index is 0.0180. The van der Waals surface area contributed by atoms with Crippen molar-refractivity contribution in [3.05, 3.63) is 35.4 Å². The Morgan fingerprint density at radius 3 is 2.21 bits per heavy atom. The first-order valence-electron chi connectivity index (χ1n) is 4.51. The lowest BCUT2D eigenvalue weighted by atomic mass is 10.1. The number of alkyl halides is 2. The van der Waals surface area contributed by atoms with Crippen LogP contribution in [0.15, 0.2) is 24.3 Å². The molecule has 1 aromatic carbocycles. The average Bonchev–Trinajstić information content (AvgIpc) is 2.15. The number of hydrogen-bond acceptors (Lipinski definition) is 1. The summed E-state index contributed by atoms with van der Waals surface area (Å²) in [5.74, 6) is 0. The summed E-state index contributed by atoms with van der Waals surface area (Å²) in [6, 6.07) is 8.19. The van der Waals surface area contributed by atoms with Crippen LogP contribution in [-0.4, -0.2) is 11.9 Å². The van der Waals surface area contributed by atoms with Gasteiger partial charge in [-0.3, -0.25) is 0 Å². The van der Waals surface area contributed by atoms with E-state index in [0.717, 1.165) is 5.56 Å². The molecule has 1 aromatic rings. The van der Waals surface area contributed by atoms with Crippen LogP contribution in [0.5, 0.6) is 0 Å². The molecule has 0 saturated heterocycles. The molecule has 14 heavy (non-hydrogen) atoms. The molecule has 1 atom stereocenters. The lowest BCUT2D eigenvalue weighted by molar-refractivity contribution is 0.0988. The maximum absolute atomic E-state index is 5.72. The maximum Gasteiger partial charge on any atom is 0.110 e. The smallest absolute Gasteiger partial charge is 0.110 e. The van der Waals surface area contributed by atoms with Crippen LogP contribution in [0, 0.1) is 6.92 Å². The fourth-order valence-corrected chi connectivity index (χ4v) is 1.63. The quantitative estimate of drug-likeness (QED) is 0.717. The first kappa shape index (κ1) is 11.8. The Morgan fingerprint density at radius 1 is 1.21 bits per heavy atom. The van der Waals surface area contributed by atoms with Gasteiger partial charge in [0.15, 0.2) is 0 Å². The van der Waals surface area contributed by atoms with Crippen molar-refractivity contribution in [3.63, 3.8) is 0 Å². The van der Waals surface area contributed by atoms with Crippen LogP contribution in [0.3, 0.4) is 0 Å². The van der Waals surface area contributed by atoms with Gasteiger partial charge in [-0.05, 0) is 12.5 Å². The van der Waals surface area contributed by atoms with Crippen LogP contribution < -0.4 is 0 Å². The summed E-state index contributed by atoms with van der Waals surface area (Å²) in [7, 11) is 1.67. The second-order valence-electron chi connectivity index (χ2n) is 3.26. The highest BCUT2D eigenvalue weighted by atomic mass is 35.5. The average molecular weight is 233 g/mol. The van der Waals surface area contributed by atoms with Crippen molar-refractivity contribution in [2.24, 2.45) is 0 Å². The lowest BCUT2D eigenvalue weighted by Gasteiger charge is -2.16. The van der Waals surface area contributed by atoms with E-state index >= 15 is 0 Å². The summed E-state index contributed by atoms with van der Waals surface area (Å²) in [6.45, 7) is 2.05. The molecule has 0 aliphatic heterocycles. The van der Waals surface area contributed by atoms with E-state index in [-0.39, 0.29) is 10.9 Å². The van der Waals surface area contributed by atoms with Crippen molar-refractivity contribution in [1.82, 2.24) is 0 Å². The topological polar surface area (TPSA) is 9.23 Å². The largest absolute Gasteiger partial charge is 0.377 e. The standard InChI is InChI=1S/C11H14Cl2O/c1-8-3-5-9(6-4-8)10(14-2)7-11(12)13/h3-6,10-11H,7H2,1-2H3. The van der Waals surface area contributed by atoms with Crippen molar-refractivity contribution < 1.29 is 4.74 Å². The fourth-order valence-electron chi connectivity index (χ4n) is 1.31. The summed E-state index contributed by atoms with van der Waals surface area (Å²) in [5, 5.41) is 0. The molecular formula is C11H14Cl2O. The molecular weight excluding hydrogens is 219 g/mol. The minimum Gasteiger partial charge on any atom is -0.377 e. The molecule has 0 saturated carbocycles. The van der Waals surface area contributed by atoms with E-state index in [9.17, 15) is 0 Å². The van der Waals surface area contributed by atoms with Gasteiger partial charge in [-0.1, -0.05) is 29.8 Å². The number of aryl methyl sites for hydroxylation is 1. The molecule has 0 aliphatic rings. The SMILES string of the molecule is COC(CC(Cl)Cl)c1ccc(C)cc1. The molecule has 0 fully saturated rings. The molecule has 0 aromatic heterocycles. The zero-order valence-corrected chi connectivity index (χ0v) is 9.85. The van der Waals surface area contributed by atoms with Crippen LogP contribution in [0.2, 0.25) is 0 Å². The van der Waals surface area contributed by atoms with Gasteiger partial charge in [0.25, 0.3) is 0 Å². The molecule has 0 aliphatic carbocycles. The van der Waals surface area contributed by atoms with E-state index in [2.05, 4.69) is 19.1 Å². The van der Waals surface area contributed by atoms with Gasteiger partial charge in [0.05, 0.1) is 6.10 Å². The van der Waals surface area contributed by atoms with Gasteiger partial charge in [0.1, 0.15) is 4.84 Å². The molecule has 0 N–H and O–H groups in total. The monoisotopic (exact) mass is 232 g/mol. The van der Waals surface area contributed by atoms with Gasteiger partial charge in [0, 0.05) is 13.5 Å². The lowest BCUT2D eigenvalue weighted by Crippen LogP contribution is -2.05. The predicted octanol–water partition coefficient (Wildman–Crippen LogP) is 3.88. The summed E-state index contributed by atoms with van der Waals surface area (Å²) >= 11 is 11.4. The van der Waals surface area contributed by atoms with E-state index in [4.69, 9.17) is 27.9 Å². The molecule has 1 rings (SSSR count). The maximum atomic E-state index is 5.72. The van der Waals surface area contributed by atoms with Crippen LogP contribution in [0.4, 0.5) is 0 Å². The zero-order valence-electron chi connectivity index (χ0n) is 8.34. The highest BCUT2D eigenvalue weighted by Gasteiger charge is 2.13. The van der Waals surface area contributed by atoms with Gasteiger partial charge in [-0.2, -0.15) is 0 Å². The molecule has 1 nitrogen and oxygen atoms in total. The number of hydrogen-bond donors (Lipinski definition) is 0. The Bertz CT molecular complexity index is 269. The van der Waals surface area contributed by atoms with E-state index in [0.29, 0.717) is 6.42 Å². The normalized spacial score (nSPS) is 13.2. The van der Waals surface area contributed by atoms with Crippen molar-refractivity contribution in [2.75, 3.05) is 7.11 Å². The third-order valence-corrected chi connectivity index (χ3v) is 2.48. The van der Waals surface area contributed by atoms with Gasteiger partial charge < -0.3 is 4.74 Å². The summed E-state index contributed by atoms with van der Waals surface area (Å²) in [6.07, 6.45) is 0.596. The molecule has 0 radical (unpaired) electrons. The van der Waals surface area contributed by atoms with Crippen molar-refractivity contribution >= 4 is 23.2 Å². The summed E-state index contributed by atoms with van der Waals surface area (Å²) < 4.78 is 5.32. The molecule has 0 spiro atoms. The molecule has 0 heterocycles. The third-order valence-electron chi connectivity index (χ3n) is 2.13. The number of methoxy groups -OCH3 is 1. The Hall–Kier alpha value is -0.240. The predicted molar refractivity (Wildman–Crippen MR) is 61.0 cm³/mol. The summed E-state index contributed by atoms with van der Waals surface area (Å²) in [4.78, 5) is -0.388. The molecule has 3 heteroatoms. The van der Waals surface area contributed by atoms with Gasteiger partial charge in [-0.25, -0.2) is 0 Å². The minimum atomic E-state index is -0.388. The molecule has 78 valence electrons. The van der Waals surface area contributed by atoms with Gasteiger partial charge >= 0.3 is 0 Å². The number of halogens is 2. The van der Waals surface area contributed by atoms with E-state index in [1.165, 1.54) is 5.56 Å². The van der Waals surface area contributed by atoms with Crippen molar-refractivity contribution in [3.8, 4) is 0 Å². The molecule has 0 amide bonds. The highest BCUT2D eigenvalue weighted by molar-refractivity contribution is 6.44. The fraction of sp³-hybridized carbons (Fsp3) is 0.455. The summed E-state index contributed by atoms with van der Waals surface area (Å²) in [5.41, 5.74) is 2.35. The first-order chi connectivity index (χ1) is 6.63. The number of benzene rings is 1. The zero-order chi connectivity index (χ0) is 10.6. The third kappa shape index (κ3) is 3.49. The van der Waals surface area contributed by atoms with Crippen LogP contribution in [-0.2, 0) is 4.74 Å². The van der Waals surface area contributed by atoms with Crippen molar-refractivity contribution in [1.29, 1.82) is 0 Å². The van der Waals surface area contributed by atoms with Gasteiger partial charge in [0.2, 0.25) is 0 Å². The first-order valence-corrected chi connectivity index (χ1v) is 5.38. The van der Waals surface area contributed by atoms with Crippen LogP contribution >= 0.6 is 23.2 Å². The van der Waals surface area contributed by atoms with E-state index in [1.807, 2.05) is 12.1 Å². The Kier molecular flexibility index (Phi) is 4.73. The molecule has 0 bridgehead atoms. The van der Waals surface area contributed by atoms with Crippen molar-refractivity contribution in [2.45, 2.75) is 24.3 Å². The Labute approximate surface area is 95.0 Å². The second-order valence-corrected chi connectivity index (χ2v) is 4.54. The van der Waals surface area contributed by atoms with Crippen LogP contribution in [0.25, 0.3) is 0 Å².